The number of imidazole rings is 1. The first kappa shape index (κ1) is 17.0. The topological polar surface area (TPSA) is 50.2 Å². The van der Waals surface area contributed by atoms with Gasteiger partial charge in [-0.05, 0) is 37.8 Å². The summed E-state index contributed by atoms with van der Waals surface area (Å²) < 4.78 is 1.93. The minimum atomic E-state index is -0.0402. The summed E-state index contributed by atoms with van der Waals surface area (Å²) in [4.78, 5) is 19.6. The van der Waals surface area contributed by atoms with E-state index in [1.807, 2.05) is 41.2 Å². The van der Waals surface area contributed by atoms with Crippen molar-refractivity contribution in [2.24, 2.45) is 0 Å². The molecule has 0 aliphatic carbocycles. The van der Waals surface area contributed by atoms with E-state index >= 15 is 0 Å². The van der Waals surface area contributed by atoms with Crippen LogP contribution in [0.1, 0.15) is 30.3 Å². The number of carbonyl (C=O) groups is 1. The van der Waals surface area contributed by atoms with E-state index in [1.165, 1.54) is 0 Å². The number of rotatable bonds is 5. The lowest BCUT2D eigenvalue weighted by atomic mass is 10.1. The Morgan fingerprint density at radius 3 is 2.62 bits per heavy atom. The number of carbonyl (C=O) groups excluding carboxylic acids is 1. The molecule has 6 heteroatoms. The summed E-state index contributed by atoms with van der Waals surface area (Å²) in [6.45, 7) is 5.37. The monoisotopic (exact) mass is 344 g/mol. The number of likely N-dealkylation sites (tertiary alicyclic amines) is 1. The van der Waals surface area contributed by atoms with Crippen molar-refractivity contribution in [2.45, 2.75) is 31.0 Å². The van der Waals surface area contributed by atoms with Gasteiger partial charge in [-0.1, -0.05) is 36.9 Å². The van der Waals surface area contributed by atoms with E-state index in [2.05, 4.69) is 22.1 Å². The molecule has 128 valence electrons. The summed E-state index contributed by atoms with van der Waals surface area (Å²) in [6, 6.07) is 10.2. The average Bonchev–Trinajstić information content (AvgIpc) is 3.07. The van der Waals surface area contributed by atoms with Crippen LogP contribution < -0.4 is 5.32 Å². The number of thioether (sulfide) groups is 1. The van der Waals surface area contributed by atoms with Crippen molar-refractivity contribution in [3.8, 4) is 5.69 Å². The molecule has 0 unspecified atom stereocenters. The lowest BCUT2D eigenvalue weighted by Crippen LogP contribution is -2.44. The Labute approximate surface area is 147 Å². The molecule has 1 fully saturated rings. The summed E-state index contributed by atoms with van der Waals surface area (Å²) >= 11 is 1.54. The number of nitrogens with zero attached hydrogens (tertiary/aromatic N) is 3. The van der Waals surface area contributed by atoms with Gasteiger partial charge in [-0.25, -0.2) is 4.98 Å². The van der Waals surface area contributed by atoms with Crippen LogP contribution in [0.25, 0.3) is 5.69 Å². The van der Waals surface area contributed by atoms with Crippen LogP contribution in [0.5, 0.6) is 0 Å². The van der Waals surface area contributed by atoms with E-state index in [9.17, 15) is 4.79 Å². The van der Waals surface area contributed by atoms with E-state index in [0.29, 0.717) is 5.69 Å². The summed E-state index contributed by atoms with van der Waals surface area (Å²) in [5, 5.41) is 4.02. The van der Waals surface area contributed by atoms with E-state index < -0.39 is 0 Å². The molecule has 2 heterocycles. The van der Waals surface area contributed by atoms with Gasteiger partial charge in [-0.2, -0.15) is 0 Å². The summed E-state index contributed by atoms with van der Waals surface area (Å²) in [5.41, 5.74) is 1.56. The predicted octanol–water partition coefficient (Wildman–Crippen LogP) is 2.81. The Hall–Kier alpha value is -1.79. The predicted molar refractivity (Wildman–Crippen MR) is 97.9 cm³/mol. The first-order valence-corrected chi connectivity index (χ1v) is 9.65. The fourth-order valence-corrected chi connectivity index (χ4v) is 3.66. The number of benzene rings is 1. The number of aromatic nitrogens is 2. The van der Waals surface area contributed by atoms with E-state index in [0.717, 1.165) is 43.3 Å². The quantitative estimate of drug-likeness (QED) is 0.848. The highest BCUT2D eigenvalue weighted by Crippen LogP contribution is 2.22. The fourth-order valence-electron chi connectivity index (χ4n) is 3.12. The molecule has 0 saturated carbocycles. The molecule has 5 nitrogen and oxygen atoms in total. The van der Waals surface area contributed by atoms with Crippen molar-refractivity contribution in [1.82, 2.24) is 19.8 Å². The number of nitrogens with one attached hydrogen (secondary N) is 1. The molecular formula is C18H24N4OS. The highest BCUT2D eigenvalue weighted by molar-refractivity contribution is 7.98. The molecule has 1 saturated heterocycles. The normalized spacial score (nSPS) is 16.2. The lowest BCUT2D eigenvalue weighted by Gasteiger charge is -2.31. The zero-order valence-electron chi connectivity index (χ0n) is 14.2. The van der Waals surface area contributed by atoms with Gasteiger partial charge in [-0.3, -0.25) is 9.36 Å². The second-order valence-electron chi connectivity index (χ2n) is 5.98. The Balaban J connectivity index is 1.77. The zero-order valence-corrected chi connectivity index (χ0v) is 15.1. The third-order valence-corrected chi connectivity index (χ3v) is 5.18. The lowest BCUT2D eigenvalue weighted by molar-refractivity contribution is 0.0905. The molecule has 1 aromatic heterocycles. The Morgan fingerprint density at radius 2 is 2.00 bits per heavy atom. The number of para-hydroxylation sites is 1. The molecule has 1 N–H and O–H groups in total. The Kier molecular flexibility index (Phi) is 5.58. The Bertz CT molecular complexity index is 678. The summed E-state index contributed by atoms with van der Waals surface area (Å²) in [5.74, 6) is -0.0402. The van der Waals surface area contributed by atoms with Crippen LogP contribution in [-0.4, -0.2) is 52.3 Å². The van der Waals surface area contributed by atoms with Crippen molar-refractivity contribution < 1.29 is 4.79 Å². The minimum absolute atomic E-state index is 0.0402. The highest BCUT2D eigenvalue weighted by Gasteiger charge is 2.23. The van der Waals surface area contributed by atoms with Crippen LogP contribution in [0, 0.1) is 0 Å². The van der Waals surface area contributed by atoms with Crippen molar-refractivity contribution in [3.63, 3.8) is 0 Å². The molecule has 2 aromatic rings. The molecule has 1 aliphatic rings. The number of piperidine rings is 1. The first-order chi connectivity index (χ1) is 11.7. The van der Waals surface area contributed by atoms with E-state index in [1.54, 1.807) is 18.0 Å². The van der Waals surface area contributed by atoms with Gasteiger partial charge in [0.1, 0.15) is 5.69 Å². The zero-order chi connectivity index (χ0) is 16.9. The van der Waals surface area contributed by atoms with E-state index in [4.69, 9.17) is 0 Å². The molecule has 0 atom stereocenters. The maximum Gasteiger partial charge on any atom is 0.270 e. The van der Waals surface area contributed by atoms with Gasteiger partial charge >= 0.3 is 0 Å². The van der Waals surface area contributed by atoms with Crippen LogP contribution in [0.15, 0.2) is 41.7 Å². The second kappa shape index (κ2) is 7.85. The smallest absolute Gasteiger partial charge is 0.270 e. The SMILES string of the molecule is CCN1CCC(NC(=O)c2cnc(SC)n2-c2ccccc2)CC1. The van der Waals surface area contributed by atoms with Crippen LogP contribution in [0.3, 0.4) is 0 Å². The summed E-state index contributed by atoms with van der Waals surface area (Å²) in [6.07, 6.45) is 5.67. The molecular weight excluding hydrogens is 320 g/mol. The van der Waals surface area contributed by atoms with Gasteiger partial charge in [0.25, 0.3) is 5.91 Å². The highest BCUT2D eigenvalue weighted by atomic mass is 32.2. The van der Waals surface area contributed by atoms with Gasteiger partial charge in [0.2, 0.25) is 0 Å². The molecule has 1 amide bonds. The maximum atomic E-state index is 12.8. The molecule has 1 aromatic carbocycles. The third kappa shape index (κ3) is 3.65. The van der Waals surface area contributed by atoms with Crippen molar-refractivity contribution >= 4 is 17.7 Å². The van der Waals surface area contributed by atoms with Crippen LogP contribution >= 0.6 is 11.8 Å². The average molecular weight is 344 g/mol. The van der Waals surface area contributed by atoms with Crippen molar-refractivity contribution in [2.75, 3.05) is 25.9 Å². The number of amides is 1. The molecule has 0 spiro atoms. The van der Waals surface area contributed by atoms with Gasteiger partial charge in [0.15, 0.2) is 5.16 Å². The number of hydrogen-bond acceptors (Lipinski definition) is 4. The number of hydrogen-bond donors (Lipinski definition) is 1. The van der Waals surface area contributed by atoms with Crippen molar-refractivity contribution in [1.29, 1.82) is 0 Å². The second-order valence-corrected chi connectivity index (χ2v) is 6.76. The molecule has 3 rings (SSSR count). The first-order valence-electron chi connectivity index (χ1n) is 8.43. The Morgan fingerprint density at radius 1 is 1.29 bits per heavy atom. The standard InChI is InChI=1S/C18H24N4OS/c1-3-21-11-9-14(10-12-21)20-17(23)16-13-19-18(24-2)22(16)15-7-5-4-6-8-15/h4-8,13-14H,3,9-12H2,1-2H3,(H,20,23). The van der Waals surface area contributed by atoms with Gasteiger partial charge in [0.05, 0.1) is 6.20 Å². The van der Waals surface area contributed by atoms with Gasteiger partial charge < -0.3 is 10.2 Å². The molecule has 0 radical (unpaired) electrons. The largest absolute Gasteiger partial charge is 0.348 e. The van der Waals surface area contributed by atoms with E-state index in [-0.39, 0.29) is 11.9 Å². The van der Waals surface area contributed by atoms with Gasteiger partial charge in [-0.15, -0.1) is 0 Å². The fraction of sp³-hybridized carbons (Fsp3) is 0.444. The van der Waals surface area contributed by atoms with Gasteiger partial charge in [0, 0.05) is 24.8 Å². The maximum absolute atomic E-state index is 12.8. The summed E-state index contributed by atoms with van der Waals surface area (Å²) in [7, 11) is 0. The minimum Gasteiger partial charge on any atom is -0.348 e. The van der Waals surface area contributed by atoms with Crippen LogP contribution in [0.4, 0.5) is 0 Å². The van der Waals surface area contributed by atoms with Crippen LogP contribution in [0.2, 0.25) is 0 Å². The molecule has 1 aliphatic heterocycles. The molecule has 24 heavy (non-hydrogen) atoms. The molecule has 0 bridgehead atoms. The van der Waals surface area contributed by atoms with Crippen LogP contribution in [-0.2, 0) is 0 Å². The van der Waals surface area contributed by atoms with Crippen molar-refractivity contribution in [3.05, 3.63) is 42.2 Å². The third-order valence-electron chi connectivity index (χ3n) is 4.53.